The minimum absolute atomic E-state index is 0.0211. The molecule has 0 radical (unpaired) electrons. The van der Waals surface area contributed by atoms with Gasteiger partial charge >= 0.3 is 0 Å². The van der Waals surface area contributed by atoms with Gasteiger partial charge in [-0.3, -0.25) is 10.2 Å². The van der Waals surface area contributed by atoms with E-state index in [2.05, 4.69) is 4.99 Å². The molecular formula is C21H18ClF2N3O3S. The summed E-state index contributed by atoms with van der Waals surface area (Å²) in [6.07, 6.45) is 2.48. The molecule has 1 aliphatic heterocycles. The van der Waals surface area contributed by atoms with Crippen molar-refractivity contribution in [3.05, 3.63) is 82.0 Å². The third-order valence-electron chi connectivity index (χ3n) is 4.60. The van der Waals surface area contributed by atoms with Gasteiger partial charge in [0, 0.05) is 16.5 Å². The van der Waals surface area contributed by atoms with Crippen LogP contribution in [-0.4, -0.2) is 25.1 Å². The van der Waals surface area contributed by atoms with Crippen LogP contribution < -0.4 is 4.72 Å². The average Bonchev–Trinajstić information content (AvgIpc) is 3.12. The first-order valence-corrected chi connectivity index (χ1v) is 11.2. The van der Waals surface area contributed by atoms with E-state index in [9.17, 15) is 22.0 Å². The Labute approximate surface area is 183 Å². The minimum atomic E-state index is -4.51. The number of amides is 1. The molecule has 0 aliphatic carbocycles. The average molecular weight is 466 g/mol. The normalized spacial score (nSPS) is 15.9. The lowest BCUT2D eigenvalue weighted by Crippen LogP contribution is -2.36. The highest BCUT2D eigenvalue weighted by molar-refractivity contribution is 8.05. The molecule has 0 bridgehead atoms. The van der Waals surface area contributed by atoms with Crippen LogP contribution >= 0.6 is 11.6 Å². The molecule has 1 atom stereocenters. The highest BCUT2D eigenvalue weighted by Crippen LogP contribution is 2.28. The summed E-state index contributed by atoms with van der Waals surface area (Å²) >= 11 is 5.76. The zero-order chi connectivity index (χ0) is 22.8. The number of sulfonamides is 1. The topological polar surface area (TPSA) is 99.5 Å². The molecule has 1 unspecified atom stereocenters. The monoisotopic (exact) mass is 465 g/mol. The van der Waals surface area contributed by atoms with E-state index < -0.39 is 38.5 Å². The largest absolute Gasteiger partial charge is 0.287 e. The van der Waals surface area contributed by atoms with Crippen LogP contribution in [0.4, 0.5) is 8.78 Å². The van der Waals surface area contributed by atoms with Crippen molar-refractivity contribution >= 4 is 38.3 Å². The van der Waals surface area contributed by atoms with Crippen LogP contribution in [0, 0.1) is 23.0 Å². The summed E-state index contributed by atoms with van der Waals surface area (Å²) in [7, 11) is -4.51. The molecule has 162 valence electrons. The van der Waals surface area contributed by atoms with Crippen molar-refractivity contribution in [3.8, 4) is 0 Å². The van der Waals surface area contributed by atoms with Gasteiger partial charge in [0.15, 0.2) is 5.04 Å². The Morgan fingerprint density at radius 2 is 1.77 bits per heavy atom. The smallest absolute Gasteiger partial charge is 0.283 e. The summed E-state index contributed by atoms with van der Waals surface area (Å²) in [5.74, 6) is -3.30. The van der Waals surface area contributed by atoms with Crippen LogP contribution in [-0.2, 0) is 14.8 Å². The second kappa shape index (κ2) is 9.07. The number of nitrogens with zero attached hydrogens (tertiary/aromatic N) is 1. The van der Waals surface area contributed by atoms with Gasteiger partial charge in [-0.25, -0.2) is 18.5 Å². The Hall–Kier alpha value is -2.91. The number of hydrogen-bond acceptors (Lipinski definition) is 5. The summed E-state index contributed by atoms with van der Waals surface area (Å²) in [6.45, 7) is 1.86. The lowest BCUT2D eigenvalue weighted by atomic mass is 9.93. The van der Waals surface area contributed by atoms with Crippen molar-refractivity contribution in [1.29, 1.82) is 5.41 Å². The standard InChI is InChI=1S/C21H18ClF2N3O3S/c1-2-4-13-11-17(26-19(13)18-15(23)5-3-6-16(18)24)21(28)27-31(29,30)20(25)12-7-9-14(22)10-8-12/h3,5-11,13,25H,2,4H2,1H3,(H,27,28). The van der Waals surface area contributed by atoms with Crippen molar-refractivity contribution < 1.29 is 22.0 Å². The number of rotatable bonds is 5. The highest BCUT2D eigenvalue weighted by atomic mass is 35.5. The molecule has 2 aromatic carbocycles. The van der Waals surface area contributed by atoms with Crippen molar-refractivity contribution in [3.63, 3.8) is 0 Å². The highest BCUT2D eigenvalue weighted by Gasteiger charge is 2.31. The maximum atomic E-state index is 14.3. The van der Waals surface area contributed by atoms with E-state index in [-0.39, 0.29) is 22.5 Å². The Balaban J connectivity index is 1.88. The van der Waals surface area contributed by atoms with Crippen LogP contribution in [0.1, 0.15) is 30.9 Å². The summed E-state index contributed by atoms with van der Waals surface area (Å²) < 4.78 is 55.2. The number of halogens is 3. The number of allylic oxidation sites excluding steroid dienone is 1. The molecule has 0 spiro atoms. The van der Waals surface area contributed by atoms with E-state index in [1.807, 2.05) is 6.92 Å². The van der Waals surface area contributed by atoms with E-state index >= 15 is 0 Å². The summed E-state index contributed by atoms with van der Waals surface area (Å²) in [4.78, 5) is 16.6. The van der Waals surface area contributed by atoms with Gasteiger partial charge in [0.2, 0.25) is 0 Å². The van der Waals surface area contributed by atoms with Gasteiger partial charge in [0.05, 0.1) is 11.3 Å². The van der Waals surface area contributed by atoms with Gasteiger partial charge in [-0.05, 0) is 36.8 Å². The Kier molecular flexibility index (Phi) is 6.66. The third-order valence-corrected chi connectivity index (χ3v) is 6.08. The number of aliphatic imine (C=N–C) groups is 1. The molecule has 0 saturated heterocycles. The second-order valence-corrected chi connectivity index (χ2v) is 8.87. The molecule has 6 nitrogen and oxygen atoms in total. The maximum Gasteiger partial charge on any atom is 0.283 e. The van der Waals surface area contributed by atoms with Crippen LogP contribution in [0.2, 0.25) is 5.02 Å². The molecule has 3 rings (SSSR count). The summed E-state index contributed by atoms with van der Waals surface area (Å²) in [6, 6.07) is 8.87. The third kappa shape index (κ3) is 4.88. The van der Waals surface area contributed by atoms with Gasteiger partial charge in [-0.2, -0.15) is 8.42 Å². The predicted octanol–water partition coefficient (Wildman–Crippen LogP) is 4.19. The van der Waals surface area contributed by atoms with Crippen molar-refractivity contribution in [2.75, 3.05) is 0 Å². The first-order chi connectivity index (χ1) is 14.6. The van der Waals surface area contributed by atoms with Crippen LogP contribution in [0.15, 0.2) is 59.2 Å². The summed E-state index contributed by atoms with van der Waals surface area (Å²) in [5, 5.41) is 7.43. The maximum absolute atomic E-state index is 14.3. The van der Waals surface area contributed by atoms with Gasteiger partial charge < -0.3 is 0 Å². The van der Waals surface area contributed by atoms with Gasteiger partial charge in [0.25, 0.3) is 15.9 Å². The van der Waals surface area contributed by atoms with E-state index in [0.29, 0.717) is 17.9 Å². The fourth-order valence-electron chi connectivity index (χ4n) is 3.14. The molecule has 0 aromatic heterocycles. The molecule has 0 saturated carbocycles. The molecule has 10 heteroatoms. The second-order valence-electron chi connectivity index (χ2n) is 6.81. The number of carbonyl (C=O) groups excluding carboxylic acids is 1. The molecule has 0 fully saturated rings. The van der Waals surface area contributed by atoms with Crippen molar-refractivity contribution in [2.24, 2.45) is 10.9 Å². The quantitative estimate of drug-likeness (QED) is 0.511. The van der Waals surface area contributed by atoms with E-state index in [4.69, 9.17) is 17.0 Å². The molecular weight excluding hydrogens is 448 g/mol. The molecule has 2 N–H and O–H groups in total. The van der Waals surface area contributed by atoms with Crippen molar-refractivity contribution in [2.45, 2.75) is 19.8 Å². The Morgan fingerprint density at radius 3 is 2.35 bits per heavy atom. The Morgan fingerprint density at radius 1 is 1.16 bits per heavy atom. The minimum Gasteiger partial charge on any atom is -0.287 e. The number of benzene rings is 2. The van der Waals surface area contributed by atoms with E-state index in [0.717, 1.165) is 12.1 Å². The summed E-state index contributed by atoms with van der Waals surface area (Å²) in [5.41, 5.74) is -0.584. The number of nitrogens with one attached hydrogen (secondary N) is 2. The van der Waals surface area contributed by atoms with Gasteiger partial charge in [0.1, 0.15) is 17.3 Å². The molecule has 1 heterocycles. The predicted molar refractivity (Wildman–Crippen MR) is 115 cm³/mol. The van der Waals surface area contributed by atoms with E-state index in [1.54, 1.807) is 4.72 Å². The van der Waals surface area contributed by atoms with Crippen LogP contribution in [0.5, 0.6) is 0 Å². The van der Waals surface area contributed by atoms with E-state index in [1.165, 1.54) is 36.4 Å². The SMILES string of the molecule is CCCC1C=C(C(=O)NS(=O)(=O)C(=N)c2ccc(Cl)cc2)N=C1c1c(F)cccc1F. The number of carbonyl (C=O) groups is 1. The van der Waals surface area contributed by atoms with Crippen LogP contribution in [0.25, 0.3) is 0 Å². The van der Waals surface area contributed by atoms with Crippen LogP contribution in [0.3, 0.4) is 0 Å². The first kappa shape index (κ1) is 22.8. The zero-order valence-corrected chi connectivity index (χ0v) is 17.9. The fourth-order valence-corrected chi connectivity index (χ4v) is 4.17. The number of hydrogen-bond donors (Lipinski definition) is 2. The zero-order valence-electron chi connectivity index (χ0n) is 16.3. The van der Waals surface area contributed by atoms with Gasteiger partial charge in [-0.1, -0.05) is 43.1 Å². The Bertz CT molecular complexity index is 1190. The molecule has 31 heavy (non-hydrogen) atoms. The molecule has 1 aliphatic rings. The molecule has 1 amide bonds. The van der Waals surface area contributed by atoms with Crippen molar-refractivity contribution in [1.82, 2.24) is 4.72 Å². The fraction of sp³-hybridized carbons (Fsp3) is 0.190. The molecule has 2 aromatic rings. The lowest BCUT2D eigenvalue weighted by Gasteiger charge is -2.12. The first-order valence-electron chi connectivity index (χ1n) is 9.30. The van der Waals surface area contributed by atoms with Gasteiger partial charge in [-0.15, -0.1) is 0 Å². The lowest BCUT2D eigenvalue weighted by molar-refractivity contribution is -0.115.